The highest BCUT2D eigenvalue weighted by Gasteiger charge is 2.61. The van der Waals surface area contributed by atoms with Crippen LogP contribution in [0.15, 0.2) is 36.4 Å². The molecule has 4 saturated heterocycles. The smallest absolute Gasteiger partial charge is 0.332 e. The lowest BCUT2D eigenvalue weighted by atomic mass is 9.51. The van der Waals surface area contributed by atoms with E-state index in [1.165, 1.54) is 12.5 Å². The molecule has 0 radical (unpaired) electrons. The Morgan fingerprint density at radius 2 is 1.62 bits per heavy atom. The summed E-state index contributed by atoms with van der Waals surface area (Å²) in [5.74, 6) is 7.66. The third-order valence-electron chi connectivity index (χ3n) is 24.7. The molecule has 16 atom stereocenters. The van der Waals surface area contributed by atoms with Gasteiger partial charge in [0.25, 0.3) is 0 Å². The van der Waals surface area contributed by atoms with E-state index < -0.39 is 52.7 Å². The van der Waals surface area contributed by atoms with E-state index in [4.69, 9.17) is 14.2 Å². The van der Waals surface area contributed by atoms with Crippen LogP contribution in [-0.2, 0) is 23.9 Å². The number of phenolic OH excluding ortho intramolecular Hbond substituents is 2. The normalized spacial score (nSPS) is 38.0. The molecule has 0 unspecified atom stereocenters. The molecule has 5 aliphatic heterocycles. The summed E-state index contributed by atoms with van der Waals surface area (Å²) in [4.78, 5) is 46.3. The highest BCUT2D eigenvalue weighted by molar-refractivity contribution is 8.76. The zero-order valence-electron chi connectivity index (χ0n) is 54.0. The molecule has 9 N–H and O–H groups in total. The first kappa shape index (κ1) is 66.3. The van der Waals surface area contributed by atoms with Gasteiger partial charge >= 0.3 is 11.9 Å². The molecular formula is C72H105N5O11S2. The molecule has 5 aliphatic carbocycles. The molecule has 496 valence electrons. The number of rotatable bonds is 12. The summed E-state index contributed by atoms with van der Waals surface area (Å²) in [6, 6.07) is 11.3. The number of esters is 2. The number of nitrogens with zero attached hydrogens (tertiary/aromatic N) is 1. The third-order valence-corrected chi connectivity index (χ3v) is 27.4. The summed E-state index contributed by atoms with van der Waals surface area (Å²) in [6.07, 6.45) is 13.2. The number of carbonyl (C=O) groups excluding carboxylic acids is 3. The summed E-state index contributed by atoms with van der Waals surface area (Å²) in [5, 5.41) is 73.6. The van der Waals surface area contributed by atoms with Crippen LogP contribution in [0.3, 0.4) is 0 Å². The number of ether oxygens (including phenoxy) is 3. The number of hydrogen-bond donors (Lipinski definition) is 9. The highest BCUT2D eigenvalue weighted by Crippen LogP contribution is 2.65. The largest absolute Gasteiger partial charge is 0.508 e. The van der Waals surface area contributed by atoms with Crippen LogP contribution in [0.2, 0.25) is 0 Å². The van der Waals surface area contributed by atoms with E-state index in [0.29, 0.717) is 108 Å². The van der Waals surface area contributed by atoms with Crippen molar-refractivity contribution in [1.82, 2.24) is 26.2 Å². The van der Waals surface area contributed by atoms with Gasteiger partial charge in [0, 0.05) is 117 Å². The topological polar surface area (TPSA) is 231 Å². The van der Waals surface area contributed by atoms with Gasteiger partial charge in [0.15, 0.2) is 11.5 Å². The van der Waals surface area contributed by atoms with E-state index in [9.17, 15) is 35.1 Å². The first-order valence-electron chi connectivity index (χ1n) is 35.0. The monoisotopic (exact) mass is 1280 g/mol. The number of amides is 1. The number of carbonyl (C=O) groups is 3. The van der Waals surface area contributed by atoms with Crippen LogP contribution in [0.5, 0.6) is 17.2 Å². The number of nitrogens with one attached hydrogen (secondary N) is 4. The van der Waals surface area contributed by atoms with Crippen LogP contribution in [0.4, 0.5) is 0 Å². The van der Waals surface area contributed by atoms with E-state index in [1.54, 1.807) is 39.8 Å². The third kappa shape index (κ3) is 14.0. The van der Waals surface area contributed by atoms with Gasteiger partial charge in [-0.2, -0.15) is 0 Å². The van der Waals surface area contributed by atoms with Gasteiger partial charge < -0.3 is 65.9 Å². The number of phenols is 2. The number of hydrogen-bond acceptors (Lipinski definition) is 17. The molecule has 5 heterocycles. The van der Waals surface area contributed by atoms with E-state index in [2.05, 4.69) is 63.1 Å². The number of aliphatic hydroxyl groups excluding tert-OH is 2. The fraction of sp³-hybridized carbons (Fsp3) is 0.764. The van der Waals surface area contributed by atoms with Gasteiger partial charge in [-0.15, -0.1) is 5.92 Å². The zero-order valence-corrected chi connectivity index (χ0v) is 55.6. The van der Waals surface area contributed by atoms with Crippen molar-refractivity contribution < 1.29 is 54.1 Å². The molecule has 18 heteroatoms. The van der Waals surface area contributed by atoms with Crippen molar-refractivity contribution >= 4 is 39.4 Å². The average Bonchev–Trinajstić information content (AvgIpc) is 0.894. The number of aliphatic hydroxyl groups is 3. The molecule has 0 bridgehead atoms. The van der Waals surface area contributed by atoms with Crippen molar-refractivity contribution in [3.05, 3.63) is 53.1 Å². The minimum Gasteiger partial charge on any atom is -0.508 e. The second kappa shape index (κ2) is 28.3. The van der Waals surface area contributed by atoms with E-state index in [-0.39, 0.29) is 94.6 Å². The van der Waals surface area contributed by atoms with Crippen LogP contribution in [0.25, 0.3) is 0 Å². The van der Waals surface area contributed by atoms with Gasteiger partial charge in [-0.05, 0) is 194 Å². The van der Waals surface area contributed by atoms with Crippen LogP contribution in [-0.4, -0.2) is 161 Å². The first-order valence-corrected chi connectivity index (χ1v) is 37.5. The quantitative estimate of drug-likeness (QED) is 0.0547. The molecule has 2 aromatic carbocycles. The minimum atomic E-state index is -1.21. The summed E-state index contributed by atoms with van der Waals surface area (Å²) in [6.45, 7) is 13.5. The zero-order chi connectivity index (χ0) is 62.8. The Labute approximate surface area is 543 Å². The molecule has 3 saturated carbocycles. The SMILES string of the molecule is CC(=O)O[C@H]1C[C@@H](OC(=O)[C@@]23CCCC[C@@H]2CCC(=O)N3)C2(CCNCC2)[C@@H]2c3ccc(O)c4c3[C@H](C[C@@H]2C#CC[C@H]2C[C@@](C)(O)CSSC[C@@H](NC[C@@H]3C[C@](C)(CCN5CCNCC5)CC[C@@H]3c3ccc(O)cc3)[C@H](O)CC[C@H]21)[C@H](C1(CO)CCCC1)CO4. The molecule has 10 aliphatic rings. The van der Waals surface area contributed by atoms with Crippen LogP contribution < -0.4 is 26.0 Å². The van der Waals surface area contributed by atoms with Crippen molar-refractivity contribution in [3.8, 4) is 29.1 Å². The Balaban J connectivity index is 0.920. The van der Waals surface area contributed by atoms with Crippen LogP contribution in [0.1, 0.15) is 196 Å². The molecule has 90 heavy (non-hydrogen) atoms. The summed E-state index contributed by atoms with van der Waals surface area (Å²) >= 11 is 0. The summed E-state index contributed by atoms with van der Waals surface area (Å²) in [5.41, 5.74) is -0.152. The Hall–Kier alpha value is -3.77. The molecule has 16 nitrogen and oxygen atoms in total. The van der Waals surface area contributed by atoms with E-state index in [1.807, 2.05) is 6.92 Å². The van der Waals surface area contributed by atoms with Crippen molar-refractivity contribution in [3.63, 3.8) is 0 Å². The van der Waals surface area contributed by atoms with Gasteiger partial charge in [0.05, 0.1) is 18.3 Å². The molecular weight excluding hydrogens is 1170 g/mol. The Bertz CT molecular complexity index is 2890. The number of aromatic hydroxyl groups is 2. The van der Waals surface area contributed by atoms with Crippen molar-refractivity contribution in [2.75, 3.05) is 77.1 Å². The Kier molecular flexibility index (Phi) is 20.8. The fourth-order valence-electron chi connectivity index (χ4n) is 19.9. The molecule has 12 rings (SSSR count). The molecule has 1 amide bonds. The summed E-state index contributed by atoms with van der Waals surface area (Å²) in [7, 11) is 3.32. The van der Waals surface area contributed by atoms with Gasteiger partial charge in [0.1, 0.15) is 23.5 Å². The standard InChI is InChI=1S/C72H105N5O11S2/c1-46(79)87-61-38-62(88-67(84)72-25-5-4-11-51(72)14-21-63(83)76-72)71(27-30-73-31-28-71)65-48(37-56-57(70(44-78)23-6-7-24-70)42-86-66-60(82)20-18-55(65)64(56)66)9-8-10-49-40-69(3,85)45-90-89-43-58(59(81)19-17-54(49)61)75-41-50-39-68(2,29-34-77-35-32-74-33-36-77)26-22-53(50)47-12-15-52(80)16-13-47/h12-13,15-16,18,20,48-51,53-54,56-59,61-62,65,73-75,78,80-82,85H,4-7,10-11,14,17,19,21-45H2,1-3H3,(H,76,83)/t48-,49-,50-,51+,53+,54+,56+,57+,58+,59+,61-,62+,65-,68-,69+,72+/m0/s1. The number of fused-ring (bicyclic) bond motifs is 5. The van der Waals surface area contributed by atoms with Gasteiger partial charge in [-0.3, -0.25) is 9.59 Å². The number of benzene rings is 2. The predicted octanol–water partition coefficient (Wildman–Crippen LogP) is 9.45. The van der Waals surface area contributed by atoms with Crippen molar-refractivity contribution in [1.29, 1.82) is 0 Å². The maximum absolute atomic E-state index is 16.0. The second-order valence-electron chi connectivity index (χ2n) is 30.5. The fourth-order valence-corrected chi connectivity index (χ4v) is 22.7. The van der Waals surface area contributed by atoms with Gasteiger partial charge in [0.2, 0.25) is 5.91 Å². The van der Waals surface area contributed by atoms with Crippen LogP contribution in [0, 0.1) is 63.6 Å². The lowest BCUT2D eigenvalue weighted by Gasteiger charge is -2.56. The van der Waals surface area contributed by atoms with E-state index >= 15 is 4.79 Å². The Morgan fingerprint density at radius 1 is 0.856 bits per heavy atom. The van der Waals surface area contributed by atoms with E-state index in [0.717, 1.165) is 114 Å². The van der Waals surface area contributed by atoms with Gasteiger partial charge in [-0.25, -0.2) is 4.79 Å². The van der Waals surface area contributed by atoms with Crippen molar-refractivity contribution in [2.45, 2.75) is 215 Å². The second-order valence-corrected chi connectivity index (χ2v) is 33.0. The number of piperidine rings is 2. The molecule has 0 aromatic heterocycles. The molecule has 7 fully saturated rings. The van der Waals surface area contributed by atoms with Gasteiger partial charge in [-0.1, -0.05) is 78.3 Å². The Morgan fingerprint density at radius 3 is 2.39 bits per heavy atom. The highest BCUT2D eigenvalue weighted by atomic mass is 33.1. The molecule has 1 spiro atoms. The van der Waals surface area contributed by atoms with Crippen molar-refractivity contribution in [2.24, 2.45) is 51.8 Å². The average molecular weight is 1280 g/mol. The van der Waals surface area contributed by atoms with Crippen LogP contribution >= 0.6 is 21.6 Å². The summed E-state index contributed by atoms with van der Waals surface area (Å²) < 4.78 is 21.0. The predicted molar refractivity (Wildman–Crippen MR) is 352 cm³/mol. The maximum Gasteiger partial charge on any atom is 0.332 e. The lowest BCUT2D eigenvalue weighted by Crippen LogP contribution is -2.65. The first-order chi connectivity index (χ1) is 43.4. The lowest BCUT2D eigenvalue weighted by molar-refractivity contribution is -0.183. The number of piperazine rings is 1. The molecule has 2 aromatic rings. The minimum absolute atomic E-state index is 0.0240. The maximum atomic E-state index is 16.0.